The van der Waals surface area contributed by atoms with Gasteiger partial charge in [-0.1, -0.05) is 31.6 Å². The third kappa shape index (κ3) is 2.47. The number of rotatable bonds is 2. The maximum atomic E-state index is 12.0. The molecule has 82 valence electrons. The van der Waals surface area contributed by atoms with E-state index in [0.29, 0.717) is 0 Å². The maximum Gasteiger partial charge on any atom is 0.182 e. The van der Waals surface area contributed by atoms with Crippen LogP contribution in [0, 0.1) is 5.41 Å². The Kier molecular flexibility index (Phi) is 3.33. The molecular weight excluding hydrogens is 184 g/mol. The first-order valence-corrected chi connectivity index (χ1v) is 5.44. The molecule has 0 spiro atoms. The first kappa shape index (κ1) is 12.0. The van der Waals surface area contributed by atoms with E-state index in [2.05, 4.69) is 26.8 Å². The highest BCUT2D eigenvalue weighted by molar-refractivity contribution is 6.05. The summed E-state index contributed by atoms with van der Waals surface area (Å²) in [5, 5.41) is 0. The largest absolute Gasteiger partial charge is 0.290 e. The minimum atomic E-state index is -0.0283. The van der Waals surface area contributed by atoms with Crippen LogP contribution >= 0.6 is 0 Å². The lowest BCUT2D eigenvalue weighted by molar-refractivity contribution is -0.112. The highest BCUT2D eigenvalue weighted by atomic mass is 16.1. The van der Waals surface area contributed by atoms with Crippen LogP contribution in [0.5, 0.6) is 0 Å². The number of carbonyl (C=O) groups excluding carboxylic acids is 1. The highest BCUT2D eigenvalue weighted by Crippen LogP contribution is 2.40. The van der Waals surface area contributed by atoms with E-state index in [1.54, 1.807) is 6.08 Å². The minimum absolute atomic E-state index is 0.0283. The van der Waals surface area contributed by atoms with Crippen LogP contribution in [0.4, 0.5) is 0 Å². The van der Waals surface area contributed by atoms with E-state index in [1.165, 1.54) is 5.57 Å². The molecule has 0 aliphatic heterocycles. The predicted octanol–water partition coefficient (Wildman–Crippen LogP) is 3.82. The van der Waals surface area contributed by atoms with Crippen LogP contribution in [0.15, 0.2) is 34.9 Å². The third-order valence-electron chi connectivity index (χ3n) is 2.82. The maximum absolute atomic E-state index is 12.0. The van der Waals surface area contributed by atoms with E-state index in [4.69, 9.17) is 0 Å². The molecule has 0 aromatic rings. The Balaban J connectivity index is 3.22. The number of carbonyl (C=O) groups is 1. The van der Waals surface area contributed by atoms with Gasteiger partial charge in [0.2, 0.25) is 0 Å². The molecule has 0 aromatic heterocycles. The van der Waals surface area contributed by atoms with E-state index < -0.39 is 0 Å². The summed E-state index contributed by atoms with van der Waals surface area (Å²) >= 11 is 0. The fourth-order valence-electron chi connectivity index (χ4n) is 2.57. The topological polar surface area (TPSA) is 17.1 Å². The molecule has 0 radical (unpaired) electrons. The quantitative estimate of drug-likeness (QED) is 0.625. The minimum Gasteiger partial charge on any atom is -0.290 e. The fourth-order valence-corrected chi connectivity index (χ4v) is 2.57. The molecule has 0 amide bonds. The standard InChI is InChI=1S/C14H20O/c1-6-7-12(15)13-11(3)8-10(2)9-14(13,4)5/h6-8H,9H2,1-5H3/b7-6-. The van der Waals surface area contributed by atoms with Crippen molar-refractivity contribution in [2.24, 2.45) is 5.41 Å². The van der Waals surface area contributed by atoms with Crippen molar-refractivity contribution < 1.29 is 4.79 Å². The smallest absolute Gasteiger partial charge is 0.182 e. The van der Waals surface area contributed by atoms with Gasteiger partial charge in [0.05, 0.1) is 0 Å². The Morgan fingerprint density at radius 2 is 2.00 bits per heavy atom. The van der Waals surface area contributed by atoms with Gasteiger partial charge in [-0.15, -0.1) is 0 Å². The average Bonchev–Trinajstić information content (AvgIpc) is 1.99. The van der Waals surface area contributed by atoms with Crippen molar-refractivity contribution in [1.29, 1.82) is 0 Å². The van der Waals surface area contributed by atoms with E-state index >= 15 is 0 Å². The number of hydrogen-bond acceptors (Lipinski definition) is 1. The van der Waals surface area contributed by atoms with Gasteiger partial charge in [-0.25, -0.2) is 0 Å². The lowest BCUT2D eigenvalue weighted by Crippen LogP contribution is -2.24. The highest BCUT2D eigenvalue weighted by Gasteiger charge is 2.31. The monoisotopic (exact) mass is 204 g/mol. The van der Waals surface area contributed by atoms with Crippen molar-refractivity contribution in [3.63, 3.8) is 0 Å². The molecule has 0 fully saturated rings. The Morgan fingerprint density at radius 3 is 2.47 bits per heavy atom. The van der Waals surface area contributed by atoms with Gasteiger partial charge < -0.3 is 0 Å². The van der Waals surface area contributed by atoms with Crippen LogP contribution < -0.4 is 0 Å². The van der Waals surface area contributed by atoms with Crippen LogP contribution in [0.2, 0.25) is 0 Å². The summed E-state index contributed by atoms with van der Waals surface area (Å²) in [4.78, 5) is 12.0. The summed E-state index contributed by atoms with van der Waals surface area (Å²) in [7, 11) is 0. The zero-order valence-corrected chi connectivity index (χ0v) is 10.3. The summed E-state index contributed by atoms with van der Waals surface area (Å²) < 4.78 is 0. The van der Waals surface area contributed by atoms with Crippen molar-refractivity contribution in [3.05, 3.63) is 34.9 Å². The molecule has 0 saturated heterocycles. The van der Waals surface area contributed by atoms with Crippen LogP contribution in [-0.4, -0.2) is 5.78 Å². The van der Waals surface area contributed by atoms with Crippen molar-refractivity contribution in [1.82, 2.24) is 0 Å². The van der Waals surface area contributed by atoms with Crippen LogP contribution in [0.25, 0.3) is 0 Å². The second kappa shape index (κ2) is 4.18. The van der Waals surface area contributed by atoms with Gasteiger partial charge in [0.1, 0.15) is 0 Å². The van der Waals surface area contributed by atoms with Gasteiger partial charge in [0.25, 0.3) is 0 Å². The Labute approximate surface area is 92.6 Å². The van der Waals surface area contributed by atoms with E-state index in [1.807, 2.05) is 19.9 Å². The number of allylic oxidation sites excluding steroid dienone is 6. The van der Waals surface area contributed by atoms with Gasteiger partial charge in [-0.05, 0) is 44.3 Å². The van der Waals surface area contributed by atoms with Crippen molar-refractivity contribution in [3.8, 4) is 0 Å². The molecule has 15 heavy (non-hydrogen) atoms. The second-order valence-electron chi connectivity index (χ2n) is 4.97. The summed E-state index contributed by atoms with van der Waals surface area (Å²) in [6.07, 6.45) is 6.57. The molecule has 0 heterocycles. The summed E-state index contributed by atoms with van der Waals surface area (Å²) in [5.74, 6) is 0.156. The Bertz CT molecular complexity index is 365. The number of hydrogen-bond donors (Lipinski definition) is 0. The van der Waals surface area contributed by atoms with Gasteiger partial charge in [0.15, 0.2) is 5.78 Å². The van der Waals surface area contributed by atoms with E-state index in [0.717, 1.165) is 17.6 Å². The normalized spacial score (nSPS) is 20.7. The van der Waals surface area contributed by atoms with E-state index in [9.17, 15) is 4.79 Å². The zero-order valence-electron chi connectivity index (χ0n) is 10.3. The van der Waals surface area contributed by atoms with Crippen LogP contribution in [-0.2, 0) is 4.79 Å². The molecule has 0 saturated carbocycles. The first-order valence-electron chi connectivity index (χ1n) is 5.44. The second-order valence-corrected chi connectivity index (χ2v) is 4.97. The molecule has 0 bridgehead atoms. The van der Waals surface area contributed by atoms with E-state index in [-0.39, 0.29) is 11.2 Å². The van der Waals surface area contributed by atoms with Crippen molar-refractivity contribution in [2.45, 2.75) is 41.0 Å². The Hall–Kier alpha value is -1.11. The lowest BCUT2D eigenvalue weighted by Gasteiger charge is -2.32. The predicted molar refractivity (Wildman–Crippen MR) is 64.7 cm³/mol. The van der Waals surface area contributed by atoms with Gasteiger partial charge in [-0.3, -0.25) is 4.79 Å². The molecule has 0 unspecified atom stereocenters. The molecule has 0 atom stereocenters. The first-order chi connectivity index (χ1) is 6.88. The van der Waals surface area contributed by atoms with Crippen molar-refractivity contribution in [2.75, 3.05) is 0 Å². The Morgan fingerprint density at radius 1 is 1.40 bits per heavy atom. The summed E-state index contributed by atoms with van der Waals surface area (Å²) in [5.41, 5.74) is 3.41. The molecule has 1 aliphatic carbocycles. The molecule has 0 N–H and O–H groups in total. The van der Waals surface area contributed by atoms with Gasteiger partial charge in [-0.2, -0.15) is 0 Å². The fraction of sp³-hybridized carbons (Fsp3) is 0.500. The summed E-state index contributed by atoms with van der Waals surface area (Å²) in [6, 6.07) is 0. The molecule has 1 aliphatic rings. The lowest BCUT2D eigenvalue weighted by atomic mass is 9.71. The van der Waals surface area contributed by atoms with Crippen LogP contribution in [0.1, 0.15) is 41.0 Å². The molecule has 0 aromatic carbocycles. The van der Waals surface area contributed by atoms with Crippen molar-refractivity contribution >= 4 is 5.78 Å². The third-order valence-corrected chi connectivity index (χ3v) is 2.82. The number of ketones is 1. The SMILES string of the molecule is C/C=C\C(=O)C1=C(C)C=C(C)CC1(C)C. The molecule has 1 rings (SSSR count). The average molecular weight is 204 g/mol. The molecule has 1 heteroatoms. The van der Waals surface area contributed by atoms with Gasteiger partial charge in [0, 0.05) is 5.57 Å². The summed E-state index contributed by atoms with van der Waals surface area (Å²) in [6.45, 7) is 10.3. The molecular formula is C14H20O. The van der Waals surface area contributed by atoms with Gasteiger partial charge >= 0.3 is 0 Å². The molecule has 1 nitrogen and oxygen atoms in total. The van der Waals surface area contributed by atoms with Crippen LogP contribution in [0.3, 0.4) is 0 Å². The zero-order chi connectivity index (χ0) is 11.6.